The number of benzene rings is 1. The van der Waals surface area contributed by atoms with E-state index < -0.39 is 10.0 Å². The Bertz CT molecular complexity index is 730. The molecule has 0 bridgehead atoms. The van der Waals surface area contributed by atoms with Crippen molar-refractivity contribution in [1.29, 1.82) is 0 Å². The number of methoxy groups -OCH3 is 2. The minimum absolute atomic E-state index is 0.0267. The van der Waals surface area contributed by atoms with E-state index in [-0.39, 0.29) is 10.6 Å². The van der Waals surface area contributed by atoms with Crippen molar-refractivity contribution in [3.63, 3.8) is 0 Å². The van der Waals surface area contributed by atoms with Crippen LogP contribution in [0.5, 0.6) is 11.5 Å². The van der Waals surface area contributed by atoms with Crippen molar-refractivity contribution in [2.75, 3.05) is 24.7 Å². The van der Waals surface area contributed by atoms with Gasteiger partial charge in [0.25, 0.3) is 10.0 Å². The maximum absolute atomic E-state index is 12.4. The first-order chi connectivity index (χ1) is 9.96. The van der Waals surface area contributed by atoms with Gasteiger partial charge < -0.3 is 15.2 Å². The van der Waals surface area contributed by atoms with Gasteiger partial charge in [-0.2, -0.15) is 0 Å². The summed E-state index contributed by atoms with van der Waals surface area (Å²) in [4.78, 5) is 3.80. The van der Waals surface area contributed by atoms with Gasteiger partial charge in [-0.05, 0) is 24.3 Å². The molecule has 112 valence electrons. The summed E-state index contributed by atoms with van der Waals surface area (Å²) in [6.07, 6.45) is 1.33. The number of pyridine rings is 1. The lowest BCUT2D eigenvalue weighted by atomic mass is 10.3. The molecule has 0 amide bonds. The number of ether oxygens (including phenoxy) is 2. The fraction of sp³-hybridized carbons (Fsp3) is 0.154. The summed E-state index contributed by atoms with van der Waals surface area (Å²) in [5, 5.41) is 0. The Labute approximate surface area is 122 Å². The van der Waals surface area contributed by atoms with E-state index in [4.69, 9.17) is 15.2 Å². The molecule has 2 aromatic rings. The van der Waals surface area contributed by atoms with Crippen LogP contribution in [0.3, 0.4) is 0 Å². The third kappa shape index (κ3) is 3.34. The van der Waals surface area contributed by atoms with Gasteiger partial charge in [-0.15, -0.1) is 0 Å². The second-order valence-corrected chi connectivity index (χ2v) is 5.74. The third-order valence-corrected chi connectivity index (χ3v) is 4.10. The van der Waals surface area contributed by atoms with E-state index in [9.17, 15) is 8.42 Å². The van der Waals surface area contributed by atoms with Crippen LogP contribution in [0.25, 0.3) is 0 Å². The van der Waals surface area contributed by atoms with Crippen LogP contribution in [0.15, 0.2) is 41.4 Å². The van der Waals surface area contributed by atoms with Crippen LogP contribution < -0.4 is 19.9 Å². The number of rotatable bonds is 5. The molecule has 2 rings (SSSR count). The molecule has 0 aliphatic heterocycles. The Balaban J connectivity index is 2.41. The maximum Gasteiger partial charge on any atom is 0.265 e. The fourth-order valence-corrected chi connectivity index (χ4v) is 2.90. The molecule has 0 aliphatic rings. The number of anilines is 2. The molecule has 8 heteroatoms. The summed E-state index contributed by atoms with van der Waals surface area (Å²) in [6, 6.07) is 7.54. The summed E-state index contributed by atoms with van der Waals surface area (Å²) in [5.74, 6) is 0.926. The minimum atomic E-state index is -3.84. The highest BCUT2D eigenvalue weighted by Gasteiger charge is 2.20. The Morgan fingerprint density at radius 1 is 1.14 bits per heavy atom. The van der Waals surface area contributed by atoms with E-state index in [1.807, 2.05) is 0 Å². The lowest BCUT2D eigenvalue weighted by molar-refractivity contribution is 0.392. The molecule has 1 aromatic heterocycles. The Kier molecular flexibility index (Phi) is 4.18. The predicted molar refractivity (Wildman–Crippen MR) is 79.0 cm³/mol. The van der Waals surface area contributed by atoms with Gasteiger partial charge in [0.1, 0.15) is 22.2 Å². The monoisotopic (exact) mass is 309 g/mol. The normalized spacial score (nSPS) is 11.0. The Morgan fingerprint density at radius 2 is 1.90 bits per heavy atom. The second-order valence-electron chi connectivity index (χ2n) is 4.09. The van der Waals surface area contributed by atoms with Crippen molar-refractivity contribution in [2.45, 2.75) is 4.90 Å². The first kappa shape index (κ1) is 14.9. The van der Waals surface area contributed by atoms with Crippen molar-refractivity contribution < 1.29 is 17.9 Å². The fourth-order valence-electron chi connectivity index (χ4n) is 1.67. The SMILES string of the molecule is COc1ccc(OC)c(S(=O)(=O)Nc2ccc(N)nc2)c1. The first-order valence-electron chi connectivity index (χ1n) is 5.92. The Hall–Kier alpha value is -2.48. The highest BCUT2D eigenvalue weighted by atomic mass is 32.2. The number of nitrogens with two attached hydrogens (primary N) is 1. The largest absolute Gasteiger partial charge is 0.497 e. The van der Waals surface area contributed by atoms with Gasteiger partial charge in [0.05, 0.1) is 26.1 Å². The summed E-state index contributed by atoms with van der Waals surface area (Å²) in [5.41, 5.74) is 5.76. The van der Waals surface area contributed by atoms with E-state index in [0.717, 1.165) is 0 Å². The highest BCUT2D eigenvalue weighted by Crippen LogP contribution is 2.29. The smallest absolute Gasteiger partial charge is 0.265 e. The maximum atomic E-state index is 12.4. The quantitative estimate of drug-likeness (QED) is 0.867. The number of hydrogen-bond donors (Lipinski definition) is 2. The number of aromatic nitrogens is 1. The zero-order valence-electron chi connectivity index (χ0n) is 11.5. The molecular formula is C13H15N3O4S. The molecule has 0 atom stereocenters. The molecule has 0 saturated heterocycles. The lowest BCUT2D eigenvalue weighted by Crippen LogP contribution is -2.14. The van der Waals surface area contributed by atoms with Crippen LogP contribution in [0.1, 0.15) is 0 Å². The predicted octanol–water partition coefficient (Wildman–Crippen LogP) is 1.48. The van der Waals surface area contributed by atoms with Crippen LogP contribution in [-0.2, 0) is 10.0 Å². The van der Waals surface area contributed by atoms with E-state index >= 15 is 0 Å². The molecule has 0 spiro atoms. The van der Waals surface area contributed by atoms with Crippen LogP contribution in [-0.4, -0.2) is 27.6 Å². The van der Waals surface area contributed by atoms with Crippen molar-refractivity contribution in [3.8, 4) is 11.5 Å². The average molecular weight is 309 g/mol. The summed E-state index contributed by atoms with van der Waals surface area (Å²) in [6.45, 7) is 0. The van der Waals surface area contributed by atoms with E-state index in [2.05, 4.69) is 9.71 Å². The topological polar surface area (TPSA) is 104 Å². The molecule has 1 heterocycles. The zero-order valence-corrected chi connectivity index (χ0v) is 12.3. The number of nitrogens with one attached hydrogen (secondary N) is 1. The number of nitrogen functional groups attached to an aromatic ring is 1. The second kappa shape index (κ2) is 5.88. The third-order valence-electron chi connectivity index (χ3n) is 2.70. The van der Waals surface area contributed by atoms with E-state index in [1.54, 1.807) is 6.07 Å². The standard InChI is InChI=1S/C13H15N3O4S/c1-19-10-4-5-11(20-2)12(7-10)21(17,18)16-9-3-6-13(14)15-8-9/h3-8,16H,1-2H3,(H2,14,15). The Morgan fingerprint density at radius 3 is 2.48 bits per heavy atom. The molecule has 21 heavy (non-hydrogen) atoms. The van der Waals surface area contributed by atoms with Crippen LogP contribution in [0.2, 0.25) is 0 Å². The van der Waals surface area contributed by atoms with Crippen molar-refractivity contribution in [2.24, 2.45) is 0 Å². The molecule has 1 aromatic carbocycles. The van der Waals surface area contributed by atoms with Gasteiger partial charge in [-0.25, -0.2) is 13.4 Å². The summed E-state index contributed by atoms with van der Waals surface area (Å²) in [7, 11) is -0.989. The molecule has 0 radical (unpaired) electrons. The molecular weight excluding hydrogens is 294 g/mol. The number of hydrogen-bond acceptors (Lipinski definition) is 6. The molecule has 0 saturated carbocycles. The molecule has 3 N–H and O–H groups in total. The zero-order chi connectivity index (χ0) is 15.5. The summed E-state index contributed by atoms with van der Waals surface area (Å²) < 4.78 is 37.4. The molecule has 7 nitrogen and oxygen atoms in total. The van der Waals surface area contributed by atoms with Gasteiger partial charge in [-0.1, -0.05) is 0 Å². The van der Waals surface area contributed by atoms with Crippen LogP contribution in [0, 0.1) is 0 Å². The van der Waals surface area contributed by atoms with Gasteiger partial charge in [0.15, 0.2) is 0 Å². The van der Waals surface area contributed by atoms with Gasteiger partial charge in [-0.3, -0.25) is 4.72 Å². The van der Waals surface area contributed by atoms with Crippen molar-refractivity contribution in [1.82, 2.24) is 4.98 Å². The van der Waals surface area contributed by atoms with Gasteiger partial charge in [0.2, 0.25) is 0 Å². The summed E-state index contributed by atoms with van der Waals surface area (Å²) >= 11 is 0. The molecule has 0 fully saturated rings. The first-order valence-corrected chi connectivity index (χ1v) is 7.41. The van der Waals surface area contributed by atoms with Crippen molar-refractivity contribution >= 4 is 21.5 Å². The highest BCUT2D eigenvalue weighted by molar-refractivity contribution is 7.92. The minimum Gasteiger partial charge on any atom is -0.497 e. The van der Waals surface area contributed by atoms with Crippen molar-refractivity contribution in [3.05, 3.63) is 36.5 Å². The van der Waals surface area contributed by atoms with E-state index in [0.29, 0.717) is 17.3 Å². The average Bonchev–Trinajstić information content (AvgIpc) is 2.48. The lowest BCUT2D eigenvalue weighted by Gasteiger charge is -2.12. The van der Waals surface area contributed by atoms with E-state index in [1.165, 1.54) is 44.7 Å². The van der Waals surface area contributed by atoms with Crippen LogP contribution >= 0.6 is 0 Å². The number of sulfonamides is 1. The molecule has 0 aliphatic carbocycles. The van der Waals surface area contributed by atoms with Gasteiger partial charge in [0, 0.05) is 6.07 Å². The van der Waals surface area contributed by atoms with Gasteiger partial charge >= 0.3 is 0 Å². The molecule has 0 unspecified atom stereocenters. The number of nitrogens with zero attached hydrogens (tertiary/aromatic N) is 1. The van der Waals surface area contributed by atoms with Crippen LogP contribution in [0.4, 0.5) is 11.5 Å².